The van der Waals surface area contributed by atoms with Crippen molar-refractivity contribution in [3.05, 3.63) is 59.2 Å². The minimum Gasteiger partial charge on any atom is -0.487 e. The first kappa shape index (κ1) is 17.9. The number of nitrogens with two attached hydrogens (primary N) is 1. The maximum absolute atomic E-state index is 11.7. The Kier molecular flexibility index (Phi) is 6.24. The summed E-state index contributed by atoms with van der Waals surface area (Å²) in [6, 6.07) is 14.1. The normalized spacial score (nSPS) is 10.7. The Bertz CT molecular complexity index is 679. The molecule has 0 radical (unpaired) electrons. The number of amides is 1. The summed E-state index contributed by atoms with van der Waals surface area (Å²) in [4.78, 5) is 11.7. The van der Waals surface area contributed by atoms with Gasteiger partial charge in [-0.25, -0.2) is 0 Å². The number of rotatable bonds is 7. The molecule has 4 nitrogen and oxygen atoms in total. The van der Waals surface area contributed by atoms with Gasteiger partial charge in [0.25, 0.3) is 0 Å². The molecule has 0 fully saturated rings. The summed E-state index contributed by atoms with van der Waals surface area (Å²) in [5.74, 6) is 0.731. The number of carbonyl (C=O) groups excluding carboxylic acids is 1. The molecule has 1 amide bonds. The minimum atomic E-state index is 0.0586. The third-order valence-corrected chi connectivity index (χ3v) is 3.68. The molecule has 2 aromatic rings. The molecule has 0 atom stereocenters. The van der Waals surface area contributed by atoms with E-state index in [1.807, 2.05) is 44.2 Å². The van der Waals surface area contributed by atoms with Crippen molar-refractivity contribution >= 4 is 11.6 Å². The standard InChI is InChI=1S/C20H26N2O2/c1-14(2)22-20(23)11-9-16-8-10-19(18(21)12-16)24-13-17-6-4-15(3)5-7-17/h4-8,10,12,14H,9,11,13,21H2,1-3H3,(H,22,23). The van der Waals surface area contributed by atoms with E-state index in [1.54, 1.807) is 0 Å². The first-order valence-corrected chi connectivity index (χ1v) is 8.30. The summed E-state index contributed by atoms with van der Waals surface area (Å²) in [7, 11) is 0. The summed E-state index contributed by atoms with van der Waals surface area (Å²) in [6.07, 6.45) is 1.13. The minimum absolute atomic E-state index is 0.0586. The molecule has 0 saturated carbocycles. The van der Waals surface area contributed by atoms with Gasteiger partial charge in [0.05, 0.1) is 5.69 Å². The van der Waals surface area contributed by atoms with Crippen molar-refractivity contribution in [2.75, 3.05) is 5.73 Å². The first-order valence-electron chi connectivity index (χ1n) is 8.30. The maximum atomic E-state index is 11.7. The van der Waals surface area contributed by atoms with E-state index in [0.717, 1.165) is 11.1 Å². The average Bonchev–Trinajstić information content (AvgIpc) is 2.53. The van der Waals surface area contributed by atoms with Gasteiger partial charge in [0, 0.05) is 12.5 Å². The van der Waals surface area contributed by atoms with Crippen LogP contribution in [0.2, 0.25) is 0 Å². The summed E-state index contributed by atoms with van der Waals surface area (Å²) in [6.45, 7) is 6.45. The molecule has 0 spiro atoms. The second kappa shape index (κ2) is 8.39. The second-order valence-corrected chi connectivity index (χ2v) is 6.37. The lowest BCUT2D eigenvalue weighted by Gasteiger charge is -2.11. The molecular formula is C20H26N2O2. The Morgan fingerprint density at radius 3 is 2.42 bits per heavy atom. The zero-order valence-corrected chi connectivity index (χ0v) is 14.6. The molecule has 3 N–H and O–H groups in total. The third kappa shape index (κ3) is 5.61. The van der Waals surface area contributed by atoms with Crippen LogP contribution in [0.5, 0.6) is 5.75 Å². The van der Waals surface area contributed by atoms with Gasteiger partial charge in [-0.1, -0.05) is 35.9 Å². The molecule has 0 unspecified atom stereocenters. The molecule has 2 rings (SSSR count). The quantitative estimate of drug-likeness (QED) is 0.764. The van der Waals surface area contributed by atoms with Crippen molar-refractivity contribution in [1.82, 2.24) is 5.32 Å². The number of benzene rings is 2. The van der Waals surface area contributed by atoms with Crippen molar-refractivity contribution in [2.45, 2.75) is 46.3 Å². The smallest absolute Gasteiger partial charge is 0.220 e. The average molecular weight is 326 g/mol. The highest BCUT2D eigenvalue weighted by molar-refractivity contribution is 5.76. The third-order valence-electron chi connectivity index (χ3n) is 3.68. The van der Waals surface area contributed by atoms with Gasteiger partial charge >= 0.3 is 0 Å². The zero-order valence-electron chi connectivity index (χ0n) is 14.6. The van der Waals surface area contributed by atoms with Crippen molar-refractivity contribution in [3.63, 3.8) is 0 Å². The van der Waals surface area contributed by atoms with Gasteiger partial charge in [0.15, 0.2) is 0 Å². The molecule has 0 aromatic heterocycles. The molecule has 0 aliphatic rings. The van der Waals surface area contributed by atoms with Gasteiger partial charge in [0.2, 0.25) is 5.91 Å². The van der Waals surface area contributed by atoms with Crippen LogP contribution in [-0.4, -0.2) is 11.9 Å². The van der Waals surface area contributed by atoms with Crippen LogP contribution in [-0.2, 0) is 17.8 Å². The van der Waals surface area contributed by atoms with Gasteiger partial charge in [0.1, 0.15) is 12.4 Å². The van der Waals surface area contributed by atoms with Gasteiger partial charge in [-0.15, -0.1) is 0 Å². The van der Waals surface area contributed by atoms with E-state index in [1.165, 1.54) is 5.56 Å². The summed E-state index contributed by atoms with van der Waals surface area (Å²) in [5, 5.41) is 2.89. The molecule has 4 heteroatoms. The monoisotopic (exact) mass is 326 g/mol. The van der Waals surface area contributed by atoms with Crippen molar-refractivity contribution in [3.8, 4) is 5.75 Å². The Balaban J connectivity index is 1.89. The van der Waals surface area contributed by atoms with E-state index in [4.69, 9.17) is 10.5 Å². The van der Waals surface area contributed by atoms with E-state index in [2.05, 4.69) is 24.4 Å². The Hall–Kier alpha value is -2.49. The molecule has 0 heterocycles. The topological polar surface area (TPSA) is 64.3 Å². The van der Waals surface area contributed by atoms with Crippen LogP contribution < -0.4 is 15.8 Å². The summed E-state index contributed by atoms with van der Waals surface area (Å²) >= 11 is 0. The van der Waals surface area contributed by atoms with Gasteiger partial charge < -0.3 is 15.8 Å². The van der Waals surface area contributed by atoms with Gasteiger partial charge in [-0.2, -0.15) is 0 Å². The number of ether oxygens (including phenoxy) is 1. The molecule has 2 aromatic carbocycles. The number of nitrogens with one attached hydrogen (secondary N) is 1. The lowest BCUT2D eigenvalue weighted by molar-refractivity contribution is -0.121. The number of carbonyl (C=O) groups is 1. The number of hydrogen-bond acceptors (Lipinski definition) is 3. The van der Waals surface area contributed by atoms with Crippen molar-refractivity contribution in [1.29, 1.82) is 0 Å². The van der Waals surface area contributed by atoms with E-state index in [0.29, 0.717) is 30.9 Å². The fourth-order valence-corrected chi connectivity index (χ4v) is 2.38. The van der Waals surface area contributed by atoms with Crippen molar-refractivity contribution < 1.29 is 9.53 Å². The predicted octanol–water partition coefficient (Wildman–Crippen LogP) is 3.61. The number of hydrogen-bond donors (Lipinski definition) is 2. The largest absolute Gasteiger partial charge is 0.487 e. The van der Waals surface area contributed by atoms with Crippen LogP contribution in [0.1, 0.15) is 37.0 Å². The van der Waals surface area contributed by atoms with Crippen LogP contribution in [0.3, 0.4) is 0 Å². The molecule has 0 aliphatic heterocycles. The van der Waals surface area contributed by atoms with Crippen LogP contribution in [0.15, 0.2) is 42.5 Å². The van der Waals surface area contributed by atoms with Crippen LogP contribution in [0.4, 0.5) is 5.69 Å². The molecule has 128 valence electrons. The van der Waals surface area contributed by atoms with Gasteiger partial charge in [-0.05, 0) is 50.5 Å². The van der Waals surface area contributed by atoms with Crippen molar-refractivity contribution in [2.24, 2.45) is 0 Å². The van der Waals surface area contributed by atoms with E-state index in [9.17, 15) is 4.79 Å². The Morgan fingerprint density at radius 1 is 1.12 bits per heavy atom. The highest BCUT2D eigenvalue weighted by Gasteiger charge is 2.06. The van der Waals surface area contributed by atoms with E-state index >= 15 is 0 Å². The molecule has 24 heavy (non-hydrogen) atoms. The fraction of sp³-hybridized carbons (Fsp3) is 0.350. The van der Waals surface area contributed by atoms with Gasteiger partial charge in [-0.3, -0.25) is 4.79 Å². The molecular weight excluding hydrogens is 300 g/mol. The number of aryl methyl sites for hydroxylation is 2. The molecule has 0 aliphatic carbocycles. The lowest BCUT2D eigenvalue weighted by Crippen LogP contribution is -2.30. The SMILES string of the molecule is Cc1ccc(COc2ccc(CCC(=O)NC(C)C)cc2N)cc1. The maximum Gasteiger partial charge on any atom is 0.220 e. The number of anilines is 1. The van der Waals surface area contributed by atoms with E-state index in [-0.39, 0.29) is 11.9 Å². The molecule has 0 bridgehead atoms. The molecule has 0 saturated heterocycles. The van der Waals surface area contributed by atoms with E-state index < -0.39 is 0 Å². The Labute approximate surface area is 144 Å². The Morgan fingerprint density at radius 2 is 1.79 bits per heavy atom. The highest BCUT2D eigenvalue weighted by Crippen LogP contribution is 2.24. The first-order chi connectivity index (χ1) is 11.4. The number of nitrogen functional groups attached to an aromatic ring is 1. The van der Waals surface area contributed by atoms with Crippen LogP contribution in [0.25, 0.3) is 0 Å². The predicted molar refractivity (Wildman–Crippen MR) is 98.0 cm³/mol. The van der Waals surface area contributed by atoms with Crippen LogP contribution in [0, 0.1) is 6.92 Å². The lowest BCUT2D eigenvalue weighted by atomic mass is 10.1. The summed E-state index contributed by atoms with van der Waals surface area (Å²) in [5.41, 5.74) is 10.0. The summed E-state index contributed by atoms with van der Waals surface area (Å²) < 4.78 is 5.79. The second-order valence-electron chi connectivity index (χ2n) is 6.37. The highest BCUT2D eigenvalue weighted by atomic mass is 16.5. The zero-order chi connectivity index (χ0) is 17.5. The van der Waals surface area contributed by atoms with Crippen LogP contribution >= 0.6 is 0 Å². The fourth-order valence-electron chi connectivity index (χ4n) is 2.38.